The van der Waals surface area contributed by atoms with Crippen LogP contribution in [0.1, 0.15) is 27.0 Å². The van der Waals surface area contributed by atoms with Gasteiger partial charge in [0.2, 0.25) is 5.78 Å². The molecule has 0 aromatic heterocycles. The van der Waals surface area contributed by atoms with E-state index >= 15 is 0 Å². The van der Waals surface area contributed by atoms with E-state index in [1.807, 2.05) is 0 Å². The number of benzene rings is 2. The summed E-state index contributed by atoms with van der Waals surface area (Å²) in [5.74, 6) is -4.86. The molecule has 1 unspecified atom stereocenters. The van der Waals surface area contributed by atoms with Crippen LogP contribution in [-0.2, 0) is 23.6 Å². The third-order valence-corrected chi connectivity index (χ3v) is 4.76. The number of halogens is 2. The number of ether oxygens (including phenoxy) is 1. The van der Waals surface area contributed by atoms with Crippen molar-refractivity contribution in [2.24, 2.45) is 0 Å². The van der Waals surface area contributed by atoms with Gasteiger partial charge in [0.05, 0.1) is 6.04 Å². The van der Waals surface area contributed by atoms with E-state index in [4.69, 9.17) is 4.74 Å². The summed E-state index contributed by atoms with van der Waals surface area (Å²) in [6.45, 7) is 0.547. The van der Waals surface area contributed by atoms with Gasteiger partial charge in [-0.2, -0.15) is 8.78 Å². The van der Waals surface area contributed by atoms with Gasteiger partial charge in [0, 0.05) is 17.7 Å². The van der Waals surface area contributed by atoms with Gasteiger partial charge in [-0.3, -0.25) is 9.69 Å². The van der Waals surface area contributed by atoms with Crippen molar-refractivity contribution in [3.63, 3.8) is 0 Å². The summed E-state index contributed by atoms with van der Waals surface area (Å²) in [5, 5.41) is 0. The Kier molecular flexibility index (Phi) is 3.56. The lowest BCUT2D eigenvalue weighted by Gasteiger charge is -2.29. The number of ketones is 1. The second kappa shape index (κ2) is 5.65. The van der Waals surface area contributed by atoms with E-state index in [2.05, 4.69) is 0 Å². The van der Waals surface area contributed by atoms with Gasteiger partial charge >= 0.3 is 12.0 Å². The number of amides is 1. The van der Waals surface area contributed by atoms with Crippen molar-refractivity contribution < 1.29 is 23.1 Å². The molecule has 2 aliphatic rings. The molecule has 2 aromatic rings. The molecule has 2 aromatic carbocycles. The van der Waals surface area contributed by atoms with Gasteiger partial charge in [-0.1, -0.05) is 42.5 Å². The molecular formula is C19H15F2NO3. The summed E-state index contributed by atoms with van der Waals surface area (Å²) in [7, 11) is 0. The normalized spacial score (nSPS) is 19.2. The summed E-state index contributed by atoms with van der Waals surface area (Å²) >= 11 is 0. The van der Waals surface area contributed by atoms with Crippen LogP contribution in [0.25, 0.3) is 0 Å². The number of rotatable bonds is 3. The molecule has 1 fully saturated rings. The van der Waals surface area contributed by atoms with Gasteiger partial charge in [-0.05, 0) is 23.6 Å². The maximum absolute atomic E-state index is 14.7. The van der Waals surface area contributed by atoms with Crippen molar-refractivity contribution in [1.82, 2.24) is 4.90 Å². The first-order valence-electron chi connectivity index (χ1n) is 8.00. The third-order valence-electron chi connectivity index (χ3n) is 4.76. The van der Waals surface area contributed by atoms with Crippen LogP contribution in [0, 0.1) is 0 Å². The maximum Gasteiger partial charge on any atom is 0.410 e. The molecule has 2 aliphatic heterocycles. The number of Topliss-reactive ketones (excluding diaryl/α,β-unsaturated/α-hetero) is 1. The lowest BCUT2D eigenvalue weighted by molar-refractivity contribution is 0.00733. The zero-order valence-electron chi connectivity index (χ0n) is 13.2. The highest BCUT2D eigenvalue weighted by atomic mass is 19.3. The third kappa shape index (κ3) is 2.58. The van der Waals surface area contributed by atoms with E-state index < -0.39 is 17.8 Å². The molecule has 1 saturated heterocycles. The molecule has 0 spiro atoms. The number of hydrogen-bond acceptors (Lipinski definition) is 3. The van der Waals surface area contributed by atoms with Crippen LogP contribution < -0.4 is 0 Å². The first-order valence-corrected chi connectivity index (χ1v) is 8.00. The molecule has 0 bridgehead atoms. The van der Waals surface area contributed by atoms with Crippen LogP contribution in [0.15, 0.2) is 48.5 Å². The van der Waals surface area contributed by atoms with Gasteiger partial charge in [0.15, 0.2) is 0 Å². The Bertz CT molecular complexity index is 851. The van der Waals surface area contributed by atoms with Crippen molar-refractivity contribution in [2.75, 3.05) is 6.61 Å². The van der Waals surface area contributed by atoms with E-state index in [1.165, 1.54) is 24.3 Å². The Morgan fingerprint density at radius 2 is 1.88 bits per heavy atom. The average molecular weight is 343 g/mol. The molecule has 1 atom stereocenters. The minimum Gasteiger partial charge on any atom is -0.447 e. The van der Waals surface area contributed by atoms with Gasteiger partial charge in [-0.25, -0.2) is 4.79 Å². The molecule has 128 valence electrons. The fourth-order valence-corrected chi connectivity index (χ4v) is 3.36. The number of cyclic esters (lactones) is 1. The van der Waals surface area contributed by atoms with Crippen molar-refractivity contribution in [3.05, 3.63) is 70.8 Å². The number of hydrogen-bond donors (Lipinski definition) is 0. The molecule has 6 heteroatoms. The Balaban J connectivity index is 1.67. The fraction of sp³-hybridized carbons (Fsp3) is 0.263. The molecule has 4 nitrogen and oxygen atoms in total. The van der Waals surface area contributed by atoms with Crippen LogP contribution in [0.4, 0.5) is 13.6 Å². The predicted octanol–water partition coefficient (Wildman–Crippen LogP) is 3.54. The molecule has 0 N–H and O–H groups in total. The molecule has 25 heavy (non-hydrogen) atoms. The number of carbonyl (C=O) groups is 2. The summed E-state index contributed by atoms with van der Waals surface area (Å²) in [6, 6.07) is 11.7. The number of fused-ring (bicyclic) bond motifs is 2. The highest BCUT2D eigenvalue weighted by Gasteiger charge is 2.43. The maximum atomic E-state index is 14.7. The van der Waals surface area contributed by atoms with Gasteiger partial charge in [-0.15, -0.1) is 0 Å². The molecule has 0 saturated carbocycles. The summed E-state index contributed by atoms with van der Waals surface area (Å²) < 4.78 is 34.4. The van der Waals surface area contributed by atoms with Crippen LogP contribution in [-0.4, -0.2) is 29.4 Å². The van der Waals surface area contributed by atoms with E-state index in [9.17, 15) is 18.4 Å². The number of nitrogens with zero attached hydrogens (tertiary/aromatic N) is 1. The largest absolute Gasteiger partial charge is 0.447 e. The van der Waals surface area contributed by atoms with Crippen LogP contribution in [0.3, 0.4) is 0 Å². The first kappa shape index (κ1) is 15.7. The molecule has 4 rings (SSSR count). The lowest BCUT2D eigenvalue weighted by Crippen LogP contribution is -2.38. The average Bonchev–Trinajstić information content (AvgIpc) is 2.99. The van der Waals surface area contributed by atoms with Crippen LogP contribution in [0.2, 0.25) is 0 Å². The Hall–Kier alpha value is -2.76. The molecular weight excluding hydrogens is 328 g/mol. The van der Waals surface area contributed by atoms with Gasteiger partial charge in [0.25, 0.3) is 0 Å². The Labute approximate surface area is 143 Å². The van der Waals surface area contributed by atoms with Gasteiger partial charge in [0.1, 0.15) is 6.61 Å². The first-order chi connectivity index (χ1) is 12.0. The second-order valence-electron chi connectivity index (χ2n) is 6.32. The zero-order chi connectivity index (χ0) is 17.6. The molecule has 1 amide bonds. The van der Waals surface area contributed by atoms with Crippen molar-refractivity contribution in [1.29, 1.82) is 0 Å². The van der Waals surface area contributed by atoms with Crippen LogP contribution in [0.5, 0.6) is 0 Å². The second-order valence-corrected chi connectivity index (χ2v) is 6.32. The quantitative estimate of drug-likeness (QED) is 0.801. The Morgan fingerprint density at radius 3 is 2.64 bits per heavy atom. The molecule has 2 heterocycles. The minimum absolute atomic E-state index is 0.0339. The summed E-state index contributed by atoms with van der Waals surface area (Å²) in [4.78, 5) is 25.5. The van der Waals surface area contributed by atoms with E-state index in [0.29, 0.717) is 18.6 Å². The smallest absolute Gasteiger partial charge is 0.410 e. The van der Waals surface area contributed by atoms with E-state index in [0.717, 1.165) is 5.56 Å². The number of alkyl halides is 2. The summed E-state index contributed by atoms with van der Waals surface area (Å²) in [5.41, 5.74) is 1.15. The molecule has 0 radical (unpaired) electrons. The topological polar surface area (TPSA) is 46.6 Å². The van der Waals surface area contributed by atoms with Gasteiger partial charge < -0.3 is 4.74 Å². The van der Waals surface area contributed by atoms with E-state index in [-0.39, 0.29) is 23.7 Å². The highest BCUT2D eigenvalue weighted by molar-refractivity contribution is 6.01. The molecule has 0 aliphatic carbocycles. The number of carbonyl (C=O) groups excluding carboxylic acids is 2. The predicted molar refractivity (Wildman–Crippen MR) is 85.5 cm³/mol. The SMILES string of the molecule is O=C1OCC2Cc3ccc(C(F)(F)C(=O)c4ccccc4)cc3CN12. The van der Waals surface area contributed by atoms with Crippen molar-refractivity contribution in [2.45, 2.75) is 24.9 Å². The van der Waals surface area contributed by atoms with E-state index in [1.54, 1.807) is 29.2 Å². The fourth-order valence-electron chi connectivity index (χ4n) is 3.36. The van der Waals surface area contributed by atoms with Crippen molar-refractivity contribution >= 4 is 11.9 Å². The lowest BCUT2D eigenvalue weighted by atomic mass is 9.90. The highest BCUT2D eigenvalue weighted by Crippen LogP contribution is 2.35. The minimum atomic E-state index is -3.63. The monoisotopic (exact) mass is 343 g/mol. The van der Waals surface area contributed by atoms with Crippen molar-refractivity contribution in [3.8, 4) is 0 Å². The Morgan fingerprint density at radius 1 is 1.12 bits per heavy atom. The standard InChI is InChI=1S/C19H15F2NO3/c20-19(21,17(23)12-4-2-1-3-5-12)15-7-6-13-9-16-11-25-18(24)22(16)10-14(13)8-15/h1-8,16H,9-11H2. The summed E-state index contributed by atoms with van der Waals surface area (Å²) in [6.07, 6.45) is 0.146. The zero-order valence-corrected chi connectivity index (χ0v) is 13.2. The van der Waals surface area contributed by atoms with Crippen LogP contribution >= 0.6 is 0 Å².